The zero-order chi connectivity index (χ0) is 9.11. The Kier molecular flexibility index (Phi) is 15.4. The molecule has 0 fully saturated rings. The predicted molar refractivity (Wildman–Crippen MR) is 45.3 cm³/mol. The molecule has 0 rings (SSSR count). The molecule has 0 bridgehead atoms. The van der Waals surface area contributed by atoms with Crippen molar-refractivity contribution < 1.29 is 14.9 Å². The van der Waals surface area contributed by atoms with Gasteiger partial charge in [0, 0.05) is 14.2 Å². The summed E-state index contributed by atoms with van der Waals surface area (Å²) in [4.78, 5) is 0. The SMILES string of the molecule is CCCCCC(O)O.COC. The molecule has 0 amide bonds. The second-order valence-corrected chi connectivity index (χ2v) is 2.38. The van der Waals surface area contributed by atoms with Gasteiger partial charge in [0.25, 0.3) is 0 Å². The van der Waals surface area contributed by atoms with Gasteiger partial charge in [0.1, 0.15) is 0 Å². The number of ether oxygens (including phenoxy) is 1. The van der Waals surface area contributed by atoms with Crippen LogP contribution in [0, 0.1) is 0 Å². The summed E-state index contributed by atoms with van der Waals surface area (Å²) in [6.07, 6.45) is 2.58. The number of hydrogen-bond donors (Lipinski definition) is 2. The third-order valence-corrected chi connectivity index (χ3v) is 1.07. The molecule has 0 aliphatic heterocycles. The van der Waals surface area contributed by atoms with Gasteiger partial charge in [-0.2, -0.15) is 0 Å². The van der Waals surface area contributed by atoms with Gasteiger partial charge in [0.05, 0.1) is 0 Å². The van der Waals surface area contributed by atoms with E-state index in [1.165, 1.54) is 0 Å². The summed E-state index contributed by atoms with van der Waals surface area (Å²) in [7, 11) is 3.25. The Morgan fingerprint density at radius 2 is 1.64 bits per heavy atom. The summed E-state index contributed by atoms with van der Waals surface area (Å²) in [6.45, 7) is 2.09. The van der Waals surface area contributed by atoms with E-state index in [1.54, 1.807) is 14.2 Å². The van der Waals surface area contributed by atoms with E-state index in [4.69, 9.17) is 10.2 Å². The first-order chi connectivity index (χ1) is 5.18. The Morgan fingerprint density at radius 1 is 1.18 bits per heavy atom. The molecule has 0 saturated heterocycles. The van der Waals surface area contributed by atoms with Gasteiger partial charge < -0.3 is 14.9 Å². The first kappa shape index (κ1) is 13.5. The highest BCUT2D eigenvalue weighted by atomic mass is 16.5. The van der Waals surface area contributed by atoms with Crippen LogP contribution >= 0.6 is 0 Å². The summed E-state index contributed by atoms with van der Waals surface area (Å²) < 4.78 is 4.25. The molecule has 0 aliphatic carbocycles. The van der Waals surface area contributed by atoms with Crippen molar-refractivity contribution in [3.05, 3.63) is 0 Å². The summed E-state index contributed by atoms with van der Waals surface area (Å²) in [5, 5.41) is 16.7. The van der Waals surface area contributed by atoms with E-state index in [-0.39, 0.29) is 0 Å². The van der Waals surface area contributed by atoms with E-state index in [9.17, 15) is 0 Å². The van der Waals surface area contributed by atoms with Crippen LogP contribution in [0.2, 0.25) is 0 Å². The molecular weight excluding hydrogens is 144 g/mol. The summed E-state index contributed by atoms with van der Waals surface area (Å²) in [5.74, 6) is 0. The van der Waals surface area contributed by atoms with Crippen LogP contribution in [-0.4, -0.2) is 30.7 Å². The highest BCUT2D eigenvalue weighted by molar-refractivity contribution is 4.40. The first-order valence-electron chi connectivity index (χ1n) is 3.95. The number of methoxy groups -OCH3 is 1. The lowest BCUT2D eigenvalue weighted by atomic mass is 10.2. The van der Waals surface area contributed by atoms with Crippen molar-refractivity contribution in [2.24, 2.45) is 0 Å². The van der Waals surface area contributed by atoms with Gasteiger partial charge in [-0.05, 0) is 12.8 Å². The van der Waals surface area contributed by atoms with Crippen LogP contribution in [0.25, 0.3) is 0 Å². The van der Waals surface area contributed by atoms with Crippen LogP contribution in [0.5, 0.6) is 0 Å². The maximum atomic E-state index is 8.33. The van der Waals surface area contributed by atoms with E-state index in [2.05, 4.69) is 11.7 Å². The van der Waals surface area contributed by atoms with Crippen molar-refractivity contribution >= 4 is 0 Å². The number of aliphatic hydroxyl groups excluding tert-OH is 1. The van der Waals surface area contributed by atoms with E-state index < -0.39 is 6.29 Å². The number of aliphatic hydroxyl groups is 2. The van der Waals surface area contributed by atoms with Crippen molar-refractivity contribution in [1.82, 2.24) is 0 Å². The molecule has 0 spiro atoms. The molecule has 3 heteroatoms. The normalized spacial score (nSPS) is 9.27. The lowest BCUT2D eigenvalue weighted by molar-refractivity contribution is -0.0465. The van der Waals surface area contributed by atoms with Crippen molar-refractivity contribution in [2.45, 2.75) is 38.9 Å². The van der Waals surface area contributed by atoms with Crippen LogP contribution in [-0.2, 0) is 4.74 Å². The summed E-state index contributed by atoms with van der Waals surface area (Å²) in [6, 6.07) is 0. The molecule has 0 unspecified atom stereocenters. The minimum atomic E-state index is -1.10. The highest BCUT2D eigenvalue weighted by Crippen LogP contribution is 1.99. The third-order valence-electron chi connectivity index (χ3n) is 1.07. The minimum absolute atomic E-state index is 0.522. The number of hydrogen-bond acceptors (Lipinski definition) is 3. The van der Waals surface area contributed by atoms with Gasteiger partial charge in [0.2, 0.25) is 0 Å². The number of unbranched alkanes of at least 4 members (excludes halogenated alkanes) is 2. The Morgan fingerprint density at radius 3 is 1.91 bits per heavy atom. The average molecular weight is 164 g/mol. The molecule has 70 valence electrons. The zero-order valence-corrected chi connectivity index (χ0v) is 7.71. The van der Waals surface area contributed by atoms with Crippen LogP contribution in [0.4, 0.5) is 0 Å². The van der Waals surface area contributed by atoms with Crippen molar-refractivity contribution in [3.63, 3.8) is 0 Å². The predicted octanol–water partition coefficient (Wildman–Crippen LogP) is 1.14. The van der Waals surface area contributed by atoms with Gasteiger partial charge in [-0.25, -0.2) is 0 Å². The molecule has 0 aromatic rings. The Bertz CT molecular complexity index is 55.3. The monoisotopic (exact) mass is 164 g/mol. The lowest BCUT2D eigenvalue weighted by Gasteiger charge is -1.99. The second-order valence-electron chi connectivity index (χ2n) is 2.38. The van der Waals surface area contributed by atoms with Crippen LogP contribution in [0.3, 0.4) is 0 Å². The highest BCUT2D eigenvalue weighted by Gasteiger charge is 1.93. The maximum Gasteiger partial charge on any atom is 0.151 e. The van der Waals surface area contributed by atoms with E-state index in [0.717, 1.165) is 19.3 Å². The fraction of sp³-hybridized carbons (Fsp3) is 1.00. The maximum absolute atomic E-state index is 8.33. The van der Waals surface area contributed by atoms with Gasteiger partial charge in [-0.3, -0.25) is 0 Å². The summed E-state index contributed by atoms with van der Waals surface area (Å²) in [5.41, 5.74) is 0. The molecule has 2 N–H and O–H groups in total. The molecule has 0 radical (unpaired) electrons. The lowest BCUT2D eigenvalue weighted by Crippen LogP contribution is -2.02. The standard InChI is InChI=1S/C6H14O2.C2H6O/c1-2-3-4-5-6(7)8;1-3-2/h6-8H,2-5H2,1H3;1-2H3. The van der Waals surface area contributed by atoms with E-state index in [0.29, 0.717) is 6.42 Å². The van der Waals surface area contributed by atoms with E-state index in [1.807, 2.05) is 0 Å². The fourth-order valence-electron chi connectivity index (χ4n) is 0.577. The largest absolute Gasteiger partial charge is 0.388 e. The van der Waals surface area contributed by atoms with E-state index >= 15 is 0 Å². The van der Waals surface area contributed by atoms with Crippen molar-refractivity contribution in [3.8, 4) is 0 Å². The molecule has 0 aromatic carbocycles. The third kappa shape index (κ3) is 25.8. The molecule has 3 nitrogen and oxygen atoms in total. The van der Waals surface area contributed by atoms with Crippen molar-refractivity contribution in [2.75, 3.05) is 14.2 Å². The Labute approximate surface area is 69.0 Å². The molecule has 0 heterocycles. The average Bonchev–Trinajstić information content (AvgIpc) is 1.89. The molecule has 0 saturated carbocycles. The number of rotatable bonds is 4. The van der Waals surface area contributed by atoms with Gasteiger partial charge >= 0.3 is 0 Å². The molecule has 0 aliphatic rings. The first-order valence-corrected chi connectivity index (χ1v) is 3.95. The quantitative estimate of drug-likeness (QED) is 0.484. The van der Waals surface area contributed by atoms with Crippen LogP contribution < -0.4 is 0 Å². The summed E-state index contributed by atoms with van der Waals surface area (Å²) >= 11 is 0. The van der Waals surface area contributed by atoms with Crippen LogP contribution in [0.15, 0.2) is 0 Å². The molecule has 0 atom stereocenters. The van der Waals surface area contributed by atoms with Crippen LogP contribution in [0.1, 0.15) is 32.6 Å². The molecule has 0 aromatic heterocycles. The van der Waals surface area contributed by atoms with Crippen molar-refractivity contribution in [1.29, 1.82) is 0 Å². The van der Waals surface area contributed by atoms with Gasteiger partial charge in [-0.1, -0.05) is 19.8 Å². The molecular formula is C8H20O3. The minimum Gasteiger partial charge on any atom is -0.388 e. The topological polar surface area (TPSA) is 49.7 Å². The van der Waals surface area contributed by atoms with Gasteiger partial charge in [0.15, 0.2) is 6.29 Å². The zero-order valence-electron chi connectivity index (χ0n) is 7.71. The fourth-order valence-corrected chi connectivity index (χ4v) is 0.577. The Balaban J connectivity index is 0. The molecule has 11 heavy (non-hydrogen) atoms. The smallest absolute Gasteiger partial charge is 0.151 e. The van der Waals surface area contributed by atoms with Gasteiger partial charge in [-0.15, -0.1) is 0 Å². The Hall–Kier alpha value is -0.120. The second kappa shape index (κ2) is 12.5.